The molecule has 0 amide bonds. The molecule has 0 bridgehead atoms. The third-order valence-corrected chi connectivity index (χ3v) is 10.5. The number of anilines is 3. The lowest BCUT2D eigenvalue weighted by atomic mass is 9.87. The van der Waals surface area contributed by atoms with Crippen molar-refractivity contribution < 1.29 is 4.42 Å². The zero-order chi connectivity index (χ0) is 35.8. The summed E-state index contributed by atoms with van der Waals surface area (Å²) in [4.78, 5) is 2.39. The molecule has 0 aliphatic carbocycles. The minimum atomic E-state index is 0.872. The van der Waals surface area contributed by atoms with Crippen LogP contribution in [0.1, 0.15) is 0 Å². The normalized spacial score (nSPS) is 11.3. The van der Waals surface area contributed by atoms with Crippen LogP contribution in [0.4, 0.5) is 17.1 Å². The second-order valence-corrected chi connectivity index (χ2v) is 13.6. The molecule has 0 radical (unpaired) electrons. The van der Waals surface area contributed by atoms with Crippen LogP contribution < -0.4 is 4.90 Å². The summed E-state index contributed by atoms with van der Waals surface area (Å²) in [5.74, 6) is 0. The van der Waals surface area contributed by atoms with Crippen LogP contribution in [0.2, 0.25) is 0 Å². The van der Waals surface area contributed by atoms with Gasteiger partial charge in [0.25, 0.3) is 0 Å². The minimum Gasteiger partial charge on any atom is -0.456 e. The lowest BCUT2D eigenvalue weighted by Crippen LogP contribution is -2.10. The number of para-hydroxylation sites is 1. The topological polar surface area (TPSA) is 16.4 Å². The molecule has 0 aliphatic rings. The van der Waals surface area contributed by atoms with Crippen molar-refractivity contribution >= 4 is 49.8 Å². The van der Waals surface area contributed by atoms with Crippen LogP contribution in [0.25, 0.3) is 77.2 Å². The Labute approximate surface area is 314 Å². The Hall–Kier alpha value is -7.16. The zero-order valence-corrected chi connectivity index (χ0v) is 29.6. The van der Waals surface area contributed by atoms with Gasteiger partial charge in [0.1, 0.15) is 11.2 Å². The SMILES string of the molecule is c1ccc(-c2ccccc2-c2ccccc2-c2ccccc2-c2ccc(N(c3cccc4ccccc34)c3cccc4oc5ccccc5c34)cc2)cc1. The minimum absolute atomic E-state index is 0.872. The van der Waals surface area contributed by atoms with E-state index in [4.69, 9.17) is 4.42 Å². The number of hydrogen-bond donors (Lipinski definition) is 0. The van der Waals surface area contributed by atoms with E-state index in [-0.39, 0.29) is 0 Å². The van der Waals surface area contributed by atoms with Crippen LogP contribution in [0.15, 0.2) is 217 Å². The van der Waals surface area contributed by atoms with E-state index in [2.05, 4.69) is 205 Å². The number of rotatable bonds is 7. The summed E-state index contributed by atoms with van der Waals surface area (Å²) in [5, 5.41) is 4.59. The smallest absolute Gasteiger partial charge is 0.137 e. The molecular weight excluding hydrogens is 655 g/mol. The molecule has 0 unspecified atom stereocenters. The van der Waals surface area contributed by atoms with Crippen molar-refractivity contribution in [3.63, 3.8) is 0 Å². The Morgan fingerprint density at radius 2 is 0.759 bits per heavy atom. The number of hydrogen-bond acceptors (Lipinski definition) is 2. The molecule has 0 N–H and O–H groups in total. The standard InChI is InChI=1S/C52H35NO/c1-2-16-36(17-3-1)40-20-6-8-23-43(40)45-25-10-11-26-46(45)44-24-9-7-21-41(44)38-32-34-39(35-33-38)53(48-28-14-19-37-18-4-5-22-42(37)48)49-29-15-31-51-52(49)47-27-12-13-30-50(47)54-51/h1-35H. The summed E-state index contributed by atoms with van der Waals surface area (Å²) < 4.78 is 6.38. The number of benzene rings is 9. The third-order valence-electron chi connectivity index (χ3n) is 10.5. The Bertz CT molecular complexity index is 2930. The van der Waals surface area contributed by atoms with Crippen molar-refractivity contribution in [3.05, 3.63) is 212 Å². The van der Waals surface area contributed by atoms with Crippen molar-refractivity contribution in [2.75, 3.05) is 4.90 Å². The van der Waals surface area contributed by atoms with E-state index in [1.165, 1.54) is 49.7 Å². The van der Waals surface area contributed by atoms with Crippen molar-refractivity contribution in [2.24, 2.45) is 0 Å². The fourth-order valence-corrected chi connectivity index (χ4v) is 8.05. The van der Waals surface area contributed by atoms with E-state index < -0.39 is 0 Å². The molecule has 0 saturated carbocycles. The van der Waals surface area contributed by atoms with Crippen LogP contribution in [-0.4, -0.2) is 0 Å². The highest BCUT2D eigenvalue weighted by atomic mass is 16.3. The van der Waals surface area contributed by atoms with Gasteiger partial charge >= 0.3 is 0 Å². The molecular formula is C52H35NO. The second-order valence-electron chi connectivity index (χ2n) is 13.6. The molecule has 54 heavy (non-hydrogen) atoms. The van der Waals surface area contributed by atoms with Crippen LogP contribution in [0.3, 0.4) is 0 Å². The quantitative estimate of drug-likeness (QED) is 0.166. The average Bonchev–Trinajstić information content (AvgIpc) is 3.64. The first-order chi connectivity index (χ1) is 26.8. The van der Waals surface area contributed by atoms with Crippen LogP contribution in [-0.2, 0) is 0 Å². The van der Waals surface area contributed by atoms with Gasteiger partial charge < -0.3 is 9.32 Å². The highest BCUT2D eigenvalue weighted by molar-refractivity contribution is 6.14. The molecule has 0 fully saturated rings. The fraction of sp³-hybridized carbons (Fsp3) is 0. The predicted octanol–water partition coefficient (Wildman–Crippen LogP) is 14.9. The molecule has 0 saturated heterocycles. The summed E-state index contributed by atoms with van der Waals surface area (Å²) >= 11 is 0. The molecule has 1 heterocycles. The number of nitrogens with zero attached hydrogens (tertiary/aromatic N) is 1. The zero-order valence-electron chi connectivity index (χ0n) is 29.6. The molecule has 9 aromatic carbocycles. The van der Waals surface area contributed by atoms with Crippen molar-refractivity contribution in [1.29, 1.82) is 0 Å². The largest absolute Gasteiger partial charge is 0.456 e. The monoisotopic (exact) mass is 689 g/mol. The molecule has 0 spiro atoms. The number of furan rings is 1. The Morgan fingerprint density at radius 3 is 1.44 bits per heavy atom. The summed E-state index contributed by atoms with van der Waals surface area (Å²) in [7, 11) is 0. The lowest BCUT2D eigenvalue weighted by Gasteiger charge is -2.28. The summed E-state index contributed by atoms with van der Waals surface area (Å²) in [5.41, 5.74) is 14.6. The fourth-order valence-electron chi connectivity index (χ4n) is 8.05. The van der Waals surface area contributed by atoms with E-state index in [9.17, 15) is 0 Å². The molecule has 2 nitrogen and oxygen atoms in total. The molecule has 254 valence electrons. The third kappa shape index (κ3) is 5.44. The van der Waals surface area contributed by atoms with Gasteiger partial charge in [0.2, 0.25) is 0 Å². The maximum atomic E-state index is 6.38. The highest BCUT2D eigenvalue weighted by Crippen LogP contribution is 2.46. The van der Waals surface area contributed by atoms with Gasteiger partial charge in [-0.1, -0.05) is 176 Å². The van der Waals surface area contributed by atoms with Gasteiger partial charge in [0.05, 0.1) is 16.8 Å². The molecule has 0 atom stereocenters. The maximum Gasteiger partial charge on any atom is 0.137 e. The summed E-state index contributed by atoms with van der Waals surface area (Å²) in [6.07, 6.45) is 0. The van der Waals surface area contributed by atoms with Gasteiger partial charge in [-0.05, 0) is 86.3 Å². The Balaban J connectivity index is 1.12. The van der Waals surface area contributed by atoms with E-state index in [1.807, 2.05) is 12.1 Å². The van der Waals surface area contributed by atoms with E-state index in [0.717, 1.165) is 44.6 Å². The van der Waals surface area contributed by atoms with E-state index >= 15 is 0 Å². The van der Waals surface area contributed by atoms with Crippen molar-refractivity contribution in [3.8, 4) is 44.5 Å². The molecule has 0 aliphatic heterocycles. The molecule has 2 heteroatoms. The molecule has 1 aromatic heterocycles. The predicted molar refractivity (Wildman–Crippen MR) is 228 cm³/mol. The summed E-state index contributed by atoms with van der Waals surface area (Å²) in [6.45, 7) is 0. The molecule has 10 aromatic rings. The average molecular weight is 690 g/mol. The summed E-state index contributed by atoms with van der Waals surface area (Å²) in [6, 6.07) is 75.8. The van der Waals surface area contributed by atoms with E-state index in [1.54, 1.807) is 0 Å². The second kappa shape index (κ2) is 13.4. The Morgan fingerprint density at radius 1 is 0.296 bits per heavy atom. The van der Waals surface area contributed by atoms with Crippen LogP contribution >= 0.6 is 0 Å². The van der Waals surface area contributed by atoms with Gasteiger partial charge in [-0.2, -0.15) is 0 Å². The molecule has 10 rings (SSSR count). The van der Waals surface area contributed by atoms with Gasteiger partial charge in [-0.15, -0.1) is 0 Å². The van der Waals surface area contributed by atoms with Gasteiger partial charge in [-0.25, -0.2) is 0 Å². The first kappa shape index (κ1) is 31.6. The van der Waals surface area contributed by atoms with Gasteiger partial charge in [-0.3, -0.25) is 0 Å². The van der Waals surface area contributed by atoms with Crippen molar-refractivity contribution in [1.82, 2.24) is 0 Å². The van der Waals surface area contributed by atoms with Gasteiger partial charge in [0, 0.05) is 16.5 Å². The van der Waals surface area contributed by atoms with Gasteiger partial charge in [0.15, 0.2) is 0 Å². The Kier molecular flexibility index (Phi) is 7.85. The highest BCUT2D eigenvalue weighted by Gasteiger charge is 2.21. The first-order valence-electron chi connectivity index (χ1n) is 18.4. The lowest BCUT2D eigenvalue weighted by molar-refractivity contribution is 0.669. The maximum absolute atomic E-state index is 6.38. The van der Waals surface area contributed by atoms with Crippen LogP contribution in [0, 0.1) is 0 Å². The van der Waals surface area contributed by atoms with Crippen molar-refractivity contribution in [2.45, 2.75) is 0 Å². The first-order valence-corrected chi connectivity index (χ1v) is 18.4. The van der Waals surface area contributed by atoms with E-state index in [0.29, 0.717) is 0 Å². The van der Waals surface area contributed by atoms with Crippen LogP contribution in [0.5, 0.6) is 0 Å². The number of fused-ring (bicyclic) bond motifs is 4.